The van der Waals surface area contributed by atoms with E-state index < -0.39 is 11.1 Å². The number of halogens is 2. The molecule has 2 aliphatic rings. The SMILES string of the molecule is CCOc1cc(/C=C2/SC(=O)N(CC(=O)N3CCCC3)C2=O)cc(Br)c1OCc1ccc(Br)cc1. The predicted octanol–water partition coefficient (Wildman–Crippen LogP) is 5.85. The number of rotatable bonds is 8. The van der Waals surface area contributed by atoms with Crippen molar-refractivity contribution < 1.29 is 23.9 Å². The molecule has 35 heavy (non-hydrogen) atoms. The van der Waals surface area contributed by atoms with Crippen molar-refractivity contribution in [1.29, 1.82) is 0 Å². The number of imide groups is 1. The molecule has 2 fully saturated rings. The van der Waals surface area contributed by atoms with Crippen LogP contribution in [-0.2, 0) is 16.2 Å². The molecule has 2 aromatic carbocycles. The maximum absolute atomic E-state index is 12.9. The lowest BCUT2D eigenvalue weighted by Gasteiger charge is -2.18. The van der Waals surface area contributed by atoms with Crippen LogP contribution in [0.3, 0.4) is 0 Å². The summed E-state index contributed by atoms with van der Waals surface area (Å²) in [4.78, 5) is 40.8. The third-order valence-electron chi connectivity index (χ3n) is 5.55. The summed E-state index contributed by atoms with van der Waals surface area (Å²) in [5, 5.41) is -0.438. The maximum atomic E-state index is 12.9. The average Bonchev–Trinajstić information content (AvgIpc) is 3.45. The Labute approximate surface area is 225 Å². The summed E-state index contributed by atoms with van der Waals surface area (Å²) in [5.41, 5.74) is 1.68. The van der Waals surface area contributed by atoms with Crippen LogP contribution in [0, 0.1) is 0 Å². The van der Waals surface area contributed by atoms with Gasteiger partial charge in [-0.25, -0.2) is 0 Å². The summed E-state index contributed by atoms with van der Waals surface area (Å²) in [6.07, 6.45) is 3.54. The van der Waals surface area contributed by atoms with E-state index in [1.807, 2.05) is 37.3 Å². The molecule has 0 bridgehead atoms. The molecular formula is C25H24Br2N2O5S. The first-order valence-electron chi connectivity index (χ1n) is 11.2. The van der Waals surface area contributed by atoms with Gasteiger partial charge < -0.3 is 14.4 Å². The normalized spacial score (nSPS) is 16.9. The number of benzene rings is 2. The van der Waals surface area contributed by atoms with Crippen molar-refractivity contribution in [3.8, 4) is 11.5 Å². The first-order valence-corrected chi connectivity index (χ1v) is 13.6. The van der Waals surface area contributed by atoms with Gasteiger partial charge in [-0.3, -0.25) is 19.3 Å². The smallest absolute Gasteiger partial charge is 0.294 e. The molecule has 2 aliphatic heterocycles. The Morgan fingerprint density at radius 3 is 2.49 bits per heavy atom. The van der Waals surface area contributed by atoms with Crippen LogP contribution < -0.4 is 9.47 Å². The van der Waals surface area contributed by atoms with E-state index in [2.05, 4.69) is 31.9 Å². The van der Waals surface area contributed by atoms with E-state index in [-0.39, 0.29) is 17.4 Å². The van der Waals surface area contributed by atoms with Gasteiger partial charge in [-0.15, -0.1) is 0 Å². The van der Waals surface area contributed by atoms with Gasteiger partial charge in [0, 0.05) is 17.6 Å². The lowest BCUT2D eigenvalue weighted by molar-refractivity contribution is -0.135. The molecule has 0 unspecified atom stereocenters. The van der Waals surface area contributed by atoms with Crippen molar-refractivity contribution >= 4 is 66.8 Å². The number of ether oxygens (including phenoxy) is 2. The number of nitrogens with zero attached hydrogens (tertiary/aromatic N) is 2. The predicted molar refractivity (Wildman–Crippen MR) is 142 cm³/mol. The van der Waals surface area contributed by atoms with Crippen LogP contribution >= 0.6 is 43.6 Å². The van der Waals surface area contributed by atoms with Crippen LogP contribution in [0.2, 0.25) is 0 Å². The maximum Gasteiger partial charge on any atom is 0.294 e. The van der Waals surface area contributed by atoms with Crippen molar-refractivity contribution in [2.75, 3.05) is 26.2 Å². The van der Waals surface area contributed by atoms with Crippen LogP contribution in [0.15, 0.2) is 50.2 Å². The summed E-state index contributed by atoms with van der Waals surface area (Å²) >= 11 is 7.81. The zero-order valence-corrected chi connectivity index (χ0v) is 23.1. The van der Waals surface area contributed by atoms with Gasteiger partial charge in [0.25, 0.3) is 11.1 Å². The molecule has 4 rings (SSSR count). The second-order valence-electron chi connectivity index (χ2n) is 8.03. The minimum atomic E-state index is -0.461. The highest BCUT2D eigenvalue weighted by Crippen LogP contribution is 2.39. The minimum absolute atomic E-state index is 0.195. The molecule has 0 N–H and O–H groups in total. The molecule has 0 aromatic heterocycles. The number of hydrogen-bond acceptors (Lipinski definition) is 6. The van der Waals surface area contributed by atoms with Gasteiger partial charge in [0.15, 0.2) is 11.5 Å². The summed E-state index contributed by atoms with van der Waals surface area (Å²) in [5.74, 6) is 0.418. The fourth-order valence-electron chi connectivity index (χ4n) is 3.80. The number of hydrogen-bond donors (Lipinski definition) is 0. The molecule has 7 nitrogen and oxygen atoms in total. The lowest BCUT2D eigenvalue weighted by Crippen LogP contribution is -2.40. The molecule has 0 saturated carbocycles. The number of likely N-dealkylation sites (tertiary alicyclic amines) is 1. The van der Waals surface area contributed by atoms with Crippen molar-refractivity contribution in [2.24, 2.45) is 0 Å². The lowest BCUT2D eigenvalue weighted by atomic mass is 10.1. The number of thioether (sulfide) groups is 1. The van der Waals surface area contributed by atoms with Gasteiger partial charge in [0.2, 0.25) is 5.91 Å². The molecular weight excluding hydrogens is 600 g/mol. The van der Waals surface area contributed by atoms with Crippen molar-refractivity contribution in [3.05, 3.63) is 61.4 Å². The number of carbonyl (C=O) groups is 3. The van der Waals surface area contributed by atoms with Gasteiger partial charge >= 0.3 is 0 Å². The molecule has 10 heteroatoms. The first kappa shape index (κ1) is 25.8. The van der Waals surface area contributed by atoms with Crippen molar-refractivity contribution in [2.45, 2.75) is 26.4 Å². The quantitative estimate of drug-likeness (QED) is 0.344. The number of carbonyl (C=O) groups excluding carboxylic acids is 3. The number of amides is 3. The third-order valence-corrected chi connectivity index (χ3v) is 7.58. The Hall–Kier alpha value is -2.30. The highest BCUT2D eigenvalue weighted by Gasteiger charge is 2.37. The molecule has 2 heterocycles. The van der Waals surface area contributed by atoms with E-state index in [1.165, 1.54) is 0 Å². The largest absolute Gasteiger partial charge is 0.490 e. The van der Waals surface area contributed by atoms with E-state index >= 15 is 0 Å². The molecule has 2 aromatic rings. The van der Waals surface area contributed by atoms with E-state index in [0.29, 0.717) is 47.8 Å². The Bertz CT molecular complexity index is 1160. The fourth-order valence-corrected chi connectivity index (χ4v) is 5.48. The minimum Gasteiger partial charge on any atom is -0.490 e. The summed E-state index contributed by atoms with van der Waals surface area (Å²) < 4.78 is 13.5. The Morgan fingerprint density at radius 2 is 1.80 bits per heavy atom. The van der Waals surface area contributed by atoms with E-state index in [4.69, 9.17) is 9.47 Å². The first-order chi connectivity index (χ1) is 16.9. The van der Waals surface area contributed by atoms with Gasteiger partial charge in [0.1, 0.15) is 13.2 Å². The van der Waals surface area contributed by atoms with Gasteiger partial charge in [0.05, 0.1) is 16.0 Å². The van der Waals surface area contributed by atoms with Crippen LogP contribution in [0.4, 0.5) is 4.79 Å². The Morgan fingerprint density at radius 1 is 1.09 bits per heavy atom. The fraction of sp³-hybridized carbons (Fsp3) is 0.320. The summed E-state index contributed by atoms with van der Waals surface area (Å²) in [6.45, 7) is 3.79. The molecule has 184 valence electrons. The molecule has 3 amide bonds. The average molecular weight is 624 g/mol. The highest BCUT2D eigenvalue weighted by atomic mass is 79.9. The van der Waals surface area contributed by atoms with Gasteiger partial charge in [-0.1, -0.05) is 28.1 Å². The van der Waals surface area contributed by atoms with E-state index in [1.54, 1.807) is 17.0 Å². The zero-order valence-electron chi connectivity index (χ0n) is 19.1. The summed E-state index contributed by atoms with van der Waals surface area (Å²) in [7, 11) is 0. The Kier molecular flexibility index (Phi) is 8.56. The molecule has 0 radical (unpaired) electrons. The molecule has 0 aliphatic carbocycles. The van der Waals surface area contributed by atoms with Crippen LogP contribution in [0.25, 0.3) is 6.08 Å². The molecule has 0 spiro atoms. The van der Waals surface area contributed by atoms with Crippen LogP contribution in [0.1, 0.15) is 30.9 Å². The van der Waals surface area contributed by atoms with E-state index in [0.717, 1.165) is 39.5 Å². The third kappa shape index (κ3) is 6.29. The van der Waals surface area contributed by atoms with Crippen molar-refractivity contribution in [1.82, 2.24) is 9.80 Å². The molecule has 2 saturated heterocycles. The monoisotopic (exact) mass is 622 g/mol. The van der Waals surface area contributed by atoms with E-state index in [9.17, 15) is 14.4 Å². The standard InChI is InChI=1S/C25H24Br2N2O5S/c1-2-33-20-12-17(11-19(27)23(20)34-15-16-5-7-18(26)8-6-16)13-21-24(31)29(25(32)35-21)14-22(30)28-9-3-4-10-28/h5-8,11-13H,2-4,9-10,14-15H2,1H3/b21-13+. The van der Waals surface area contributed by atoms with Crippen LogP contribution in [0.5, 0.6) is 11.5 Å². The zero-order chi connectivity index (χ0) is 24.9. The van der Waals surface area contributed by atoms with Gasteiger partial charge in [-0.05, 0) is 88.9 Å². The molecule has 0 atom stereocenters. The topological polar surface area (TPSA) is 76.2 Å². The van der Waals surface area contributed by atoms with Gasteiger partial charge in [-0.2, -0.15) is 0 Å². The second-order valence-corrected chi connectivity index (χ2v) is 10.8. The summed E-state index contributed by atoms with van der Waals surface area (Å²) in [6, 6.07) is 11.4. The highest BCUT2D eigenvalue weighted by molar-refractivity contribution is 9.10. The Balaban J connectivity index is 1.51. The van der Waals surface area contributed by atoms with Crippen molar-refractivity contribution in [3.63, 3.8) is 0 Å². The second kappa shape index (κ2) is 11.6. The van der Waals surface area contributed by atoms with Crippen LogP contribution in [-0.4, -0.2) is 53.1 Å².